The van der Waals surface area contributed by atoms with Gasteiger partial charge in [-0.15, -0.1) is 0 Å². The number of nitrogens with zero attached hydrogens (tertiary/aromatic N) is 1. The Bertz CT molecular complexity index is 1140. The molecule has 0 spiro atoms. The molecule has 0 saturated carbocycles. The largest absolute Gasteiger partial charge is 1.00 e. The molecule has 3 aromatic rings. The number of hydrogen-bond donors (Lipinski definition) is 2. The molecule has 0 saturated heterocycles. The van der Waals surface area contributed by atoms with Crippen LogP contribution in [0.1, 0.15) is 94.4 Å². The molecule has 2 amide bonds. The van der Waals surface area contributed by atoms with Crippen LogP contribution in [0, 0.1) is 6.92 Å². The summed E-state index contributed by atoms with van der Waals surface area (Å²) in [6.45, 7) is 5.80. The lowest BCUT2D eigenvalue weighted by molar-refractivity contribution is -0.683. The van der Waals surface area contributed by atoms with E-state index in [1.54, 1.807) is 23.5 Å². The highest BCUT2D eigenvalue weighted by molar-refractivity contribution is 7.09. The number of carbonyl (C=O) groups excluding carboxylic acids is 1. The number of amides is 2. The summed E-state index contributed by atoms with van der Waals surface area (Å²) in [5.41, 5.74) is 4.49. The molecule has 0 bridgehead atoms. The first-order chi connectivity index (χ1) is 19.0. The molecule has 0 unspecified atom stereocenters. The fraction of sp³-hybridized carbons (Fsp3) is 0.500. The minimum absolute atomic E-state index is 0. The maximum absolute atomic E-state index is 12.6. The molecule has 2 N–H and O–H groups in total. The van der Waals surface area contributed by atoms with Crippen molar-refractivity contribution in [1.82, 2.24) is 0 Å². The molecule has 0 aliphatic carbocycles. The SMILES string of the molecule is CCCCCCCCCCCCCCOc1ccc(NC(=O)Nc2cccc(C[n+]3csc(C)c3)c2)c(Cl)c1.[Br-]. The Morgan fingerprint density at radius 3 is 2.20 bits per heavy atom. The third kappa shape index (κ3) is 13.5. The van der Waals surface area contributed by atoms with Crippen LogP contribution in [0.2, 0.25) is 5.02 Å². The maximum atomic E-state index is 12.6. The van der Waals surface area contributed by atoms with Crippen LogP contribution < -0.4 is 36.9 Å². The molecule has 5 nitrogen and oxygen atoms in total. The number of hydrogen-bond acceptors (Lipinski definition) is 3. The fourth-order valence-electron chi connectivity index (χ4n) is 4.59. The highest BCUT2D eigenvalue weighted by Crippen LogP contribution is 2.27. The van der Waals surface area contributed by atoms with Gasteiger partial charge in [0.15, 0.2) is 12.7 Å². The second-order valence-electron chi connectivity index (χ2n) is 10.3. The van der Waals surface area contributed by atoms with Crippen molar-refractivity contribution in [3.8, 4) is 5.75 Å². The summed E-state index contributed by atoms with van der Waals surface area (Å²) in [6.07, 6.45) is 18.0. The van der Waals surface area contributed by atoms with Gasteiger partial charge >= 0.3 is 6.03 Å². The molecule has 1 heterocycles. The summed E-state index contributed by atoms with van der Waals surface area (Å²) in [5, 5.41) is 6.19. The minimum atomic E-state index is -0.335. The van der Waals surface area contributed by atoms with E-state index in [4.69, 9.17) is 16.3 Å². The molecule has 0 atom stereocenters. The van der Waals surface area contributed by atoms with Crippen molar-refractivity contribution in [3.63, 3.8) is 0 Å². The summed E-state index contributed by atoms with van der Waals surface area (Å²) in [6, 6.07) is 12.9. The van der Waals surface area contributed by atoms with Crippen molar-refractivity contribution >= 4 is 40.3 Å². The van der Waals surface area contributed by atoms with Gasteiger partial charge in [0.1, 0.15) is 5.75 Å². The Kier molecular flexibility index (Phi) is 17.0. The lowest BCUT2D eigenvalue weighted by atomic mass is 10.1. The number of halogens is 2. The number of ether oxygens (including phenoxy) is 1. The van der Waals surface area contributed by atoms with E-state index in [0.717, 1.165) is 30.0 Å². The lowest BCUT2D eigenvalue weighted by Crippen LogP contribution is -3.00. The number of nitrogens with one attached hydrogen (secondary N) is 2. The van der Waals surface area contributed by atoms with Gasteiger partial charge in [0.25, 0.3) is 0 Å². The molecule has 2 aromatic carbocycles. The van der Waals surface area contributed by atoms with Crippen molar-refractivity contribution in [2.24, 2.45) is 0 Å². The van der Waals surface area contributed by atoms with Gasteiger partial charge in [-0.25, -0.2) is 4.79 Å². The highest BCUT2D eigenvalue weighted by Gasteiger charge is 2.10. The Hall–Kier alpha value is -2.09. The number of thiazole rings is 1. The molecular weight excluding hydrogens is 606 g/mol. The van der Waals surface area contributed by atoms with Crippen molar-refractivity contribution < 1.29 is 31.1 Å². The summed E-state index contributed by atoms with van der Waals surface area (Å²) < 4.78 is 8.02. The predicted octanol–water partition coefficient (Wildman–Crippen LogP) is 6.77. The van der Waals surface area contributed by atoms with Crippen LogP contribution in [0.5, 0.6) is 5.75 Å². The van der Waals surface area contributed by atoms with Crippen molar-refractivity contribution in [1.29, 1.82) is 0 Å². The molecule has 0 aliphatic rings. The third-order valence-corrected chi connectivity index (χ3v) is 7.89. The van der Waals surface area contributed by atoms with E-state index >= 15 is 0 Å². The number of aromatic nitrogens is 1. The zero-order valence-electron chi connectivity index (χ0n) is 24.0. The number of rotatable bonds is 18. The number of aryl methyl sites for hydroxylation is 1. The summed E-state index contributed by atoms with van der Waals surface area (Å²) in [7, 11) is 0. The van der Waals surface area contributed by atoms with Gasteiger partial charge in [-0.3, -0.25) is 0 Å². The van der Waals surface area contributed by atoms with Crippen LogP contribution in [0.3, 0.4) is 0 Å². The van der Waals surface area contributed by atoms with E-state index in [2.05, 4.69) is 46.8 Å². The van der Waals surface area contributed by atoms with E-state index in [0.29, 0.717) is 17.3 Å². The van der Waals surface area contributed by atoms with Crippen LogP contribution in [0.25, 0.3) is 0 Å². The fourth-order valence-corrected chi connectivity index (χ4v) is 5.44. The van der Waals surface area contributed by atoms with Crippen LogP contribution in [0.4, 0.5) is 16.2 Å². The first-order valence-electron chi connectivity index (χ1n) is 14.6. The van der Waals surface area contributed by atoms with E-state index in [-0.39, 0.29) is 23.0 Å². The second kappa shape index (κ2) is 19.9. The molecule has 3 rings (SSSR count). The molecule has 220 valence electrons. The Morgan fingerprint density at radius 2 is 1.57 bits per heavy atom. The van der Waals surface area contributed by atoms with Crippen LogP contribution in [0.15, 0.2) is 54.2 Å². The monoisotopic (exact) mass is 649 g/mol. The average molecular weight is 651 g/mol. The van der Waals surface area contributed by atoms with Crippen molar-refractivity contribution in [2.45, 2.75) is 97.4 Å². The maximum Gasteiger partial charge on any atom is 0.323 e. The quantitative estimate of drug-likeness (QED) is 0.118. The van der Waals surface area contributed by atoms with Crippen LogP contribution in [-0.4, -0.2) is 12.6 Å². The van der Waals surface area contributed by atoms with Gasteiger partial charge in [0.05, 0.1) is 22.2 Å². The van der Waals surface area contributed by atoms with E-state index in [9.17, 15) is 4.79 Å². The lowest BCUT2D eigenvalue weighted by Gasteiger charge is -2.12. The zero-order chi connectivity index (χ0) is 27.7. The standard InChI is InChI=1S/C32H44ClN3O2S.BrH/c1-3-4-5-6-7-8-9-10-11-12-13-14-20-38-29-18-19-31(30(33)22-29)35-32(37)34-28-17-15-16-27(21-28)24-36-23-26(2)39-25-36;/h15-19,21-23,25H,3-14,20,24H2,1-2H3,(H-,34,35,37);1H. The normalized spacial score (nSPS) is 10.7. The highest BCUT2D eigenvalue weighted by atomic mass is 79.9. The zero-order valence-corrected chi connectivity index (χ0v) is 27.2. The number of anilines is 2. The first-order valence-corrected chi connectivity index (χ1v) is 15.8. The average Bonchev–Trinajstić information content (AvgIpc) is 3.32. The Morgan fingerprint density at radius 1 is 0.900 bits per heavy atom. The smallest absolute Gasteiger partial charge is 0.323 e. The molecule has 40 heavy (non-hydrogen) atoms. The first kappa shape index (κ1) is 34.1. The second-order valence-corrected chi connectivity index (χ2v) is 11.8. The summed E-state index contributed by atoms with van der Waals surface area (Å²) in [5.74, 6) is 0.725. The van der Waals surface area contributed by atoms with Gasteiger partial charge < -0.3 is 32.4 Å². The number of urea groups is 1. The van der Waals surface area contributed by atoms with Crippen LogP contribution in [-0.2, 0) is 6.54 Å². The van der Waals surface area contributed by atoms with Gasteiger partial charge in [-0.2, -0.15) is 4.57 Å². The van der Waals surface area contributed by atoms with E-state index in [1.807, 2.05) is 24.3 Å². The number of benzene rings is 2. The summed E-state index contributed by atoms with van der Waals surface area (Å²) in [4.78, 5) is 13.9. The third-order valence-electron chi connectivity index (χ3n) is 6.73. The molecule has 0 aliphatic heterocycles. The topological polar surface area (TPSA) is 54.2 Å². The molecule has 0 radical (unpaired) electrons. The Labute approximate surface area is 260 Å². The van der Waals surface area contributed by atoms with Gasteiger partial charge in [0.2, 0.25) is 5.51 Å². The minimum Gasteiger partial charge on any atom is -1.00 e. The van der Waals surface area contributed by atoms with Crippen molar-refractivity contribution in [2.75, 3.05) is 17.2 Å². The predicted molar refractivity (Wildman–Crippen MR) is 165 cm³/mol. The molecule has 1 aromatic heterocycles. The van der Waals surface area contributed by atoms with E-state index < -0.39 is 0 Å². The number of carbonyl (C=O) groups is 1. The molecule has 0 fully saturated rings. The van der Waals surface area contributed by atoms with Crippen molar-refractivity contribution in [3.05, 3.63) is 69.6 Å². The molecule has 8 heteroatoms. The number of unbranched alkanes of at least 4 members (excludes halogenated alkanes) is 11. The molecular formula is C32H45BrClN3O2S. The van der Waals surface area contributed by atoms with Crippen LogP contribution >= 0.6 is 22.9 Å². The van der Waals surface area contributed by atoms with E-state index in [1.165, 1.54) is 75.5 Å². The van der Waals surface area contributed by atoms with Gasteiger partial charge in [-0.05, 0) is 37.6 Å². The van der Waals surface area contributed by atoms with Gasteiger partial charge in [-0.1, -0.05) is 113 Å². The summed E-state index contributed by atoms with van der Waals surface area (Å²) >= 11 is 8.14. The van der Waals surface area contributed by atoms with Gasteiger partial charge in [0, 0.05) is 17.3 Å². The Balaban J connectivity index is 0.00000560.